The van der Waals surface area contributed by atoms with Crippen LogP contribution in [0.2, 0.25) is 5.02 Å². The van der Waals surface area contributed by atoms with Gasteiger partial charge in [-0.05, 0) is 42.3 Å². The second kappa shape index (κ2) is 7.37. The minimum atomic E-state index is -0.302. The molecule has 1 N–H and O–H groups in total. The Morgan fingerprint density at radius 3 is 2.96 bits per heavy atom. The summed E-state index contributed by atoms with van der Waals surface area (Å²) >= 11 is 7.94. The van der Waals surface area contributed by atoms with Crippen LogP contribution in [-0.2, 0) is 0 Å². The third-order valence-corrected chi connectivity index (χ3v) is 5.78. The maximum atomic E-state index is 13.6. The summed E-state index contributed by atoms with van der Waals surface area (Å²) in [6.07, 6.45) is 1.50. The molecule has 26 heavy (non-hydrogen) atoms. The van der Waals surface area contributed by atoms with E-state index in [4.69, 9.17) is 21.1 Å². The molecule has 7 heteroatoms. The van der Waals surface area contributed by atoms with E-state index in [9.17, 15) is 9.18 Å². The highest BCUT2D eigenvalue weighted by Crippen LogP contribution is 2.39. The molecule has 136 valence electrons. The van der Waals surface area contributed by atoms with E-state index in [-0.39, 0.29) is 17.8 Å². The van der Waals surface area contributed by atoms with Crippen molar-refractivity contribution in [2.75, 3.05) is 19.0 Å². The molecule has 0 bridgehead atoms. The third-order valence-electron chi connectivity index (χ3n) is 4.38. The number of rotatable bonds is 2. The summed E-state index contributed by atoms with van der Waals surface area (Å²) in [7, 11) is 0. The van der Waals surface area contributed by atoms with E-state index in [1.165, 1.54) is 12.1 Å². The number of hydrogen-bond donors (Lipinski definition) is 1. The van der Waals surface area contributed by atoms with E-state index in [1.54, 1.807) is 30.0 Å². The lowest BCUT2D eigenvalue weighted by Gasteiger charge is -2.26. The topological polar surface area (TPSA) is 47.6 Å². The maximum absolute atomic E-state index is 13.6. The molecule has 1 atom stereocenters. The number of carbonyl (C=O) groups excluding carboxylic acids is 1. The van der Waals surface area contributed by atoms with E-state index >= 15 is 0 Å². The molecule has 0 aromatic heterocycles. The molecule has 1 amide bonds. The molecule has 2 aromatic rings. The SMILES string of the molecule is O=C(NC1CCSc2ccc(F)cc21)c1cc(Cl)c2c(c1)OCCCO2. The van der Waals surface area contributed by atoms with Crippen LogP contribution in [0.15, 0.2) is 35.2 Å². The van der Waals surface area contributed by atoms with Crippen molar-refractivity contribution < 1.29 is 18.7 Å². The molecular formula is C19H17ClFNO3S. The van der Waals surface area contributed by atoms with Gasteiger partial charge in [-0.1, -0.05) is 11.6 Å². The van der Waals surface area contributed by atoms with E-state index in [0.29, 0.717) is 35.3 Å². The fourth-order valence-corrected chi connectivity index (χ4v) is 4.49. The molecule has 0 fully saturated rings. The van der Waals surface area contributed by atoms with Gasteiger partial charge in [-0.15, -0.1) is 11.8 Å². The molecular weight excluding hydrogens is 377 g/mol. The first kappa shape index (κ1) is 17.5. The number of ether oxygens (including phenoxy) is 2. The first-order valence-corrected chi connectivity index (χ1v) is 9.80. The molecule has 0 spiro atoms. The van der Waals surface area contributed by atoms with Crippen LogP contribution < -0.4 is 14.8 Å². The van der Waals surface area contributed by atoms with Crippen molar-refractivity contribution >= 4 is 29.3 Å². The molecule has 2 heterocycles. The molecule has 2 aromatic carbocycles. The van der Waals surface area contributed by atoms with E-state index < -0.39 is 0 Å². The fourth-order valence-electron chi connectivity index (χ4n) is 3.12. The lowest BCUT2D eigenvalue weighted by molar-refractivity contribution is 0.0934. The van der Waals surface area contributed by atoms with Crippen LogP contribution in [0.1, 0.15) is 34.8 Å². The Hall–Kier alpha value is -1.92. The number of amides is 1. The molecule has 0 radical (unpaired) electrons. The lowest BCUT2D eigenvalue weighted by Crippen LogP contribution is -2.30. The van der Waals surface area contributed by atoms with Gasteiger partial charge in [0.25, 0.3) is 5.91 Å². The number of halogens is 2. The number of benzene rings is 2. The number of thioether (sulfide) groups is 1. The van der Waals surface area contributed by atoms with Crippen LogP contribution in [-0.4, -0.2) is 24.9 Å². The van der Waals surface area contributed by atoms with Crippen molar-refractivity contribution in [2.24, 2.45) is 0 Å². The number of carbonyl (C=O) groups is 1. The molecule has 4 rings (SSSR count). The second-order valence-electron chi connectivity index (χ2n) is 6.18. The highest BCUT2D eigenvalue weighted by atomic mass is 35.5. The van der Waals surface area contributed by atoms with Gasteiger partial charge < -0.3 is 14.8 Å². The summed E-state index contributed by atoms with van der Waals surface area (Å²) in [5.74, 6) is 1.25. The molecule has 4 nitrogen and oxygen atoms in total. The first-order valence-electron chi connectivity index (χ1n) is 8.44. The minimum Gasteiger partial charge on any atom is -0.489 e. The third kappa shape index (κ3) is 3.48. The monoisotopic (exact) mass is 393 g/mol. The fraction of sp³-hybridized carbons (Fsp3) is 0.316. The van der Waals surface area contributed by atoms with Crippen molar-refractivity contribution in [2.45, 2.75) is 23.8 Å². The van der Waals surface area contributed by atoms with Crippen LogP contribution >= 0.6 is 23.4 Å². The Morgan fingerprint density at radius 1 is 1.23 bits per heavy atom. The molecule has 2 aliphatic heterocycles. The van der Waals surface area contributed by atoms with Gasteiger partial charge in [0.15, 0.2) is 11.5 Å². The normalized spacial score (nSPS) is 18.6. The lowest BCUT2D eigenvalue weighted by atomic mass is 10.0. The van der Waals surface area contributed by atoms with Crippen LogP contribution in [0.3, 0.4) is 0 Å². The predicted octanol–water partition coefficient (Wildman–Crippen LogP) is 4.61. The van der Waals surface area contributed by atoms with Crippen molar-refractivity contribution in [1.29, 1.82) is 0 Å². The zero-order valence-corrected chi connectivity index (χ0v) is 15.5. The standard InChI is InChI=1S/C19H17ClFNO3S/c20-14-8-11(9-16-18(14)25-6-1-5-24-16)19(23)22-15-4-7-26-17-3-2-12(21)10-13(15)17/h2-3,8-10,15H,1,4-7H2,(H,22,23). The Bertz CT molecular complexity index is 861. The van der Waals surface area contributed by atoms with Gasteiger partial charge in [-0.25, -0.2) is 4.39 Å². The Labute approximate surface area is 160 Å². The predicted molar refractivity (Wildman–Crippen MR) is 99.0 cm³/mol. The van der Waals surface area contributed by atoms with Crippen molar-refractivity contribution in [3.63, 3.8) is 0 Å². The van der Waals surface area contributed by atoms with E-state index in [1.807, 2.05) is 0 Å². The average Bonchev–Trinajstić information content (AvgIpc) is 2.88. The smallest absolute Gasteiger partial charge is 0.251 e. The van der Waals surface area contributed by atoms with Crippen molar-refractivity contribution in [3.8, 4) is 11.5 Å². The molecule has 0 saturated carbocycles. The largest absolute Gasteiger partial charge is 0.489 e. The molecule has 0 saturated heterocycles. The molecule has 1 unspecified atom stereocenters. The van der Waals surface area contributed by atoms with Gasteiger partial charge in [0.2, 0.25) is 0 Å². The van der Waals surface area contributed by atoms with Gasteiger partial charge in [-0.2, -0.15) is 0 Å². The van der Waals surface area contributed by atoms with Crippen LogP contribution in [0.25, 0.3) is 0 Å². The van der Waals surface area contributed by atoms with E-state index in [0.717, 1.165) is 29.1 Å². The minimum absolute atomic E-state index is 0.232. The number of fused-ring (bicyclic) bond motifs is 2. The second-order valence-corrected chi connectivity index (χ2v) is 7.73. The summed E-state index contributed by atoms with van der Waals surface area (Å²) in [5, 5.41) is 3.34. The highest BCUT2D eigenvalue weighted by Gasteiger charge is 2.25. The van der Waals surface area contributed by atoms with Crippen LogP contribution in [0, 0.1) is 5.82 Å². The summed E-state index contributed by atoms with van der Waals surface area (Å²) in [6, 6.07) is 7.69. The summed E-state index contributed by atoms with van der Waals surface area (Å²) in [6.45, 7) is 1.04. The summed E-state index contributed by atoms with van der Waals surface area (Å²) < 4.78 is 24.9. The Balaban J connectivity index is 1.59. The maximum Gasteiger partial charge on any atom is 0.251 e. The number of nitrogens with one attached hydrogen (secondary N) is 1. The van der Waals surface area contributed by atoms with Gasteiger partial charge in [0.05, 0.1) is 24.3 Å². The van der Waals surface area contributed by atoms with Crippen molar-refractivity contribution in [3.05, 3.63) is 52.3 Å². The zero-order valence-electron chi connectivity index (χ0n) is 13.9. The molecule has 2 aliphatic rings. The molecule has 0 aliphatic carbocycles. The summed E-state index contributed by atoms with van der Waals surface area (Å²) in [5.41, 5.74) is 1.21. The van der Waals surface area contributed by atoms with Gasteiger partial charge in [-0.3, -0.25) is 4.79 Å². The summed E-state index contributed by atoms with van der Waals surface area (Å²) in [4.78, 5) is 13.8. The van der Waals surface area contributed by atoms with Crippen LogP contribution in [0.5, 0.6) is 11.5 Å². The van der Waals surface area contributed by atoms with E-state index in [2.05, 4.69) is 5.32 Å². The van der Waals surface area contributed by atoms with Gasteiger partial charge >= 0.3 is 0 Å². The first-order chi connectivity index (χ1) is 12.6. The number of hydrogen-bond acceptors (Lipinski definition) is 4. The quantitative estimate of drug-likeness (QED) is 0.809. The Morgan fingerprint density at radius 2 is 2.08 bits per heavy atom. The van der Waals surface area contributed by atoms with Crippen molar-refractivity contribution in [1.82, 2.24) is 5.32 Å². The van der Waals surface area contributed by atoms with Gasteiger partial charge in [0.1, 0.15) is 5.82 Å². The average molecular weight is 394 g/mol. The van der Waals surface area contributed by atoms with Gasteiger partial charge in [0, 0.05) is 22.6 Å². The highest BCUT2D eigenvalue weighted by molar-refractivity contribution is 7.99. The van der Waals surface area contributed by atoms with Crippen LogP contribution in [0.4, 0.5) is 4.39 Å². The Kier molecular flexibility index (Phi) is 4.96. The zero-order chi connectivity index (χ0) is 18.1.